The third-order valence-electron chi connectivity index (χ3n) is 3.60. The number of β-amino-alcohol motifs (C(OH)–C–C–N with tert-alkyl or cyclic N) is 1. The number of rotatable bonds is 0. The molecule has 1 saturated heterocycles. The second-order valence-electron chi connectivity index (χ2n) is 5.92. The molecule has 1 aliphatic heterocycles. The zero-order valence-corrected chi connectivity index (χ0v) is 10.3. The number of carbonyl (C=O) groups is 1. The molecule has 0 radical (unpaired) electrons. The molecule has 16 heavy (non-hydrogen) atoms. The third kappa shape index (κ3) is 1.79. The van der Waals surface area contributed by atoms with E-state index in [1.165, 1.54) is 0 Å². The lowest BCUT2D eigenvalue weighted by Crippen LogP contribution is -2.71. The van der Waals surface area contributed by atoms with E-state index in [0.717, 1.165) is 25.7 Å². The van der Waals surface area contributed by atoms with Crippen molar-refractivity contribution in [1.82, 2.24) is 4.90 Å². The molecule has 0 bridgehead atoms. The van der Waals surface area contributed by atoms with E-state index in [-0.39, 0.29) is 17.7 Å². The number of hydrogen-bond donors (Lipinski definition) is 1. The molecule has 2 fully saturated rings. The van der Waals surface area contributed by atoms with E-state index in [0.29, 0.717) is 6.54 Å². The number of ether oxygens (including phenoxy) is 1. The lowest BCUT2D eigenvalue weighted by atomic mass is 9.80. The first kappa shape index (κ1) is 11.7. The van der Waals surface area contributed by atoms with Gasteiger partial charge in [0.2, 0.25) is 0 Å². The smallest absolute Gasteiger partial charge is 0.410 e. The number of hydrogen-bond acceptors (Lipinski definition) is 3. The van der Waals surface area contributed by atoms with Gasteiger partial charge in [0.1, 0.15) is 5.60 Å². The van der Waals surface area contributed by atoms with Crippen LogP contribution in [-0.2, 0) is 4.74 Å². The predicted molar refractivity (Wildman–Crippen MR) is 60.1 cm³/mol. The predicted octanol–water partition coefficient (Wildman–Crippen LogP) is 1.91. The summed E-state index contributed by atoms with van der Waals surface area (Å²) in [6.45, 7) is 6.02. The van der Waals surface area contributed by atoms with Crippen LogP contribution in [0.1, 0.15) is 46.5 Å². The highest BCUT2D eigenvalue weighted by atomic mass is 16.6. The van der Waals surface area contributed by atoms with Gasteiger partial charge in [0, 0.05) is 0 Å². The molecular formula is C12H21NO3. The van der Waals surface area contributed by atoms with Gasteiger partial charge in [0.15, 0.2) is 0 Å². The number of amides is 1. The molecule has 1 unspecified atom stereocenters. The Bertz CT molecular complexity index is 289. The fraction of sp³-hybridized carbons (Fsp3) is 0.917. The Balaban J connectivity index is 2.03. The number of aliphatic hydroxyl groups is 1. The summed E-state index contributed by atoms with van der Waals surface area (Å²) in [5, 5.41) is 9.87. The summed E-state index contributed by atoms with van der Waals surface area (Å²) in [5.41, 5.74) is -0.764. The highest BCUT2D eigenvalue weighted by Gasteiger charge is 2.57. The van der Waals surface area contributed by atoms with Gasteiger partial charge in [-0.3, -0.25) is 4.90 Å². The van der Waals surface area contributed by atoms with Crippen molar-refractivity contribution < 1.29 is 14.6 Å². The van der Waals surface area contributed by atoms with E-state index in [4.69, 9.17) is 4.74 Å². The summed E-state index contributed by atoms with van der Waals surface area (Å²) in [6, 6.07) is 0. The molecule has 1 saturated carbocycles. The second kappa shape index (κ2) is 3.62. The van der Waals surface area contributed by atoms with Crippen LogP contribution in [0.25, 0.3) is 0 Å². The van der Waals surface area contributed by atoms with Gasteiger partial charge in [-0.15, -0.1) is 0 Å². The number of carbonyl (C=O) groups excluding carboxylic acids is 1. The summed E-state index contributed by atoms with van der Waals surface area (Å²) in [5.74, 6) is 0. The average molecular weight is 227 g/mol. The Kier molecular flexibility index (Phi) is 2.65. The van der Waals surface area contributed by atoms with Crippen molar-refractivity contribution >= 4 is 6.09 Å². The van der Waals surface area contributed by atoms with Gasteiger partial charge < -0.3 is 9.84 Å². The maximum atomic E-state index is 11.9. The Morgan fingerprint density at radius 3 is 2.38 bits per heavy atom. The average Bonchev–Trinajstić information content (AvgIpc) is 2.61. The molecule has 2 rings (SSSR count). The van der Waals surface area contributed by atoms with Crippen LogP contribution in [0.3, 0.4) is 0 Å². The van der Waals surface area contributed by atoms with Crippen LogP contribution >= 0.6 is 0 Å². The van der Waals surface area contributed by atoms with Crippen LogP contribution < -0.4 is 0 Å². The number of aliphatic hydroxyl groups excluding tert-OH is 1. The Morgan fingerprint density at radius 1 is 1.38 bits per heavy atom. The van der Waals surface area contributed by atoms with Gasteiger partial charge in [-0.2, -0.15) is 0 Å². The summed E-state index contributed by atoms with van der Waals surface area (Å²) in [4.78, 5) is 13.7. The molecule has 1 spiro atoms. The quantitative estimate of drug-likeness (QED) is 0.687. The first-order chi connectivity index (χ1) is 7.35. The monoisotopic (exact) mass is 227 g/mol. The van der Waals surface area contributed by atoms with Crippen LogP contribution in [0.2, 0.25) is 0 Å². The normalized spacial score (nSPS) is 28.0. The van der Waals surface area contributed by atoms with Gasteiger partial charge >= 0.3 is 6.09 Å². The van der Waals surface area contributed by atoms with E-state index in [1.54, 1.807) is 4.90 Å². The minimum atomic E-state index is -0.461. The van der Waals surface area contributed by atoms with Crippen molar-refractivity contribution in [3.05, 3.63) is 0 Å². The lowest BCUT2D eigenvalue weighted by Gasteiger charge is -2.54. The van der Waals surface area contributed by atoms with E-state index in [9.17, 15) is 9.90 Å². The SMILES string of the molecule is CC(C)(C)OC(=O)N1CC(O)C12CCCC2. The summed E-state index contributed by atoms with van der Waals surface area (Å²) in [6.07, 6.45) is 3.37. The van der Waals surface area contributed by atoms with Crippen LogP contribution in [0, 0.1) is 0 Å². The molecule has 1 amide bonds. The lowest BCUT2D eigenvalue weighted by molar-refractivity contribution is -0.128. The van der Waals surface area contributed by atoms with Crippen molar-refractivity contribution in [2.75, 3.05) is 6.54 Å². The Morgan fingerprint density at radius 2 is 1.94 bits per heavy atom. The Labute approximate surface area is 96.6 Å². The minimum Gasteiger partial charge on any atom is -0.444 e. The van der Waals surface area contributed by atoms with Crippen LogP contribution in [0.4, 0.5) is 4.79 Å². The maximum absolute atomic E-state index is 11.9. The van der Waals surface area contributed by atoms with E-state index in [1.807, 2.05) is 20.8 Å². The summed E-state index contributed by atoms with van der Waals surface area (Å²) >= 11 is 0. The van der Waals surface area contributed by atoms with E-state index < -0.39 is 5.60 Å². The standard InChI is InChI=1S/C12H21NO3/c1-11(2,3)16-10(15)13-8-9(14)12(13)6-4-5-7-12/h9,14H,4-8H2,1-3H3. The number of nitrogens with zero attached hydrogens (tertiary/aromatic N) is 1. The van der Waals surface area contributed by atoms with E-state index >= 15 is 0 Å². The van der Waals surface area contributed by atoms with Crippen molar-refractivity contribution in [1.29, 1.82) is 0 Å². The Hall–Kier alpha value is -0.770. The van der Waals surface area contributed by atoms with Crippen LogP contribution in [0.15, 0.2) is 0 Å². The molecule has 4 heteroatoms. The molecule has 4 nitrogen and oxygen atoms in total. The molecule has 1 atom stereocenters. The molecule has 0 aromatic heterocycles. The molecule has 0 aromatic rings. The topological polar surface area (TPSA) is 49.8 Å². The van der Waals surface area contributed by atoms with Gasteiger partial charge in [-0.25, -0.2) is 4.79 Å². The third-order valence-corrected chi connectivity index (χ3v) is 3.60. The van der Waals surface area contributed by atoms with Crippen LogP contribution in [-0.4, -0.2) is 39.9 Å². The largest absolute Gasteiger partial charge is 0.444 e. The fourth-order valence-corrected chi connectivity index (χ4v) is 2.76. The van der Waals surface area contributed by atoms with Crippen molar-refractivity contribution in [2.24, 2.45) is 0 Å². The molecule has 0 aromatic carbocycles. The second-order valence-corrected chi connectivity index (χ2v) is 5.92. The fourth-order valence-electron chi connectivity index (χ4n) is 2.76. The van der Waals surface area contributed by atoms with Crippen molar-refractivity contribution in [3.8, 4) is 0 Å². The highest BCUT2D eigenvalue weighted by molar-refractivity contribution is 5.71. The highest BCUT2D eigenvalue weighted by Crippen LogP contribution is 2.45. The first-order valence-electron chi connectivity index (χ1n) is 6.04. The molecule has 2 aliphatic rings. The molecule has 1 aliphatic carbocycles. The van der Waals surface area contributed by atoms with Gasteiger partial charge in [-0.05, 0) is 33.6 Å². The molecule has 1 heterocycles. The van der Waals surface area contributed by atoms with Gasteiger partial charge in [-0.1, -0.05) is 12.8 Å². The molecule has 92 valence electrons. The summed E-state index contributed by atoms with van der Waals surface area (Å²) in [7, 11) is 0. The number of likely N-dealkylation sites (tertiary alicyclic amines) is 1. The first-order valence-corrected chi connectivity index (χ1v) is 6.04. The van der Waals surface area contributed by atoms with Crippen LogP contribution in [0.5, 0.6) is 0 Å². The van der Waals surface area contributed by atoms with Crippen molar-refractivity contribution in [2.45, 2.75) is 63.7 Å². The zero-order valence-electron chi connectivity index (χ0n) is 10.3. The minimum absolute atomic E-state index is 0.278. The van der Waals surface area contributed by atoms with Gasteiger partial charge in [0.05, 0.1) is 18.2 Å². The molecule has 1 N–H and O–H groups in total. The van der Waals surface area contributed by atoms with Crippen molar-refractivity contribution in [3.63, 3.8) is 0 Å². The zero-order chi connectivity index (χ0) is 12.0. The van der Waals surface area contributed by atoms with E-state index in [2.05, 4.69) is 0 Å². The molecular weight excluding hydrogens is 206 g/mol. The summed E-state index contributed by atoms with van der Waals surface area (Å²) < 4.78 is 5.35. The van der Waals surface area contributed by atoms with Gasteiger partial charge in [0.25, 0.3) is 0 Å². The maximum Gasteiger partial charge on any atom is 0.410 e.